The van der Waals surface area contributed by atoms with E-state index in [2.05, 4.69) is 33.2 Å². The van der Waals surface area contributed by atoms with Crippen molar-refractivity contribution in [2.45, 2.75) is 24.8 Å². The lowest BCUT2D eigenvalue weighted by Crippen LogP contribution is -2.37. The molecule has 1 aliphatic heterocycles. The zero-order valence-corrected chi connectivity index (χ0v) is 16.9. The lowest BCUT2D eigenvalue weighted by molar-refractivity contribution is 0.239. The van der Waals surface area contributed by atoms with Gasteiger partial charge in [0, 0.05) is 12.8 Å². The number of nitrogens with two attached hydrogens (primary N) is 1. The Labute approximate surface area is 172 Å². The molecule has 0 aromatic heterocycles. The molecule has 1 atom stereocenters. The van der Waals surface area contributed by atoms with Gasteiger partial charge in [0.15, 0.2) is 0 Å². The van der Waals surface area contributed by atoms with Crippen LogP contribution >= 0.6 is 0 Å². The fraction of sp³-hybridized carbons (Fsp3) is 0.391. The number of ether oxygens (including phenoxy) is 1. The molecule has 3 rings (SSSR count). The van der Waals surface area contributed by atoms with Gasteiger partial charge in [-0.25, -0.2) is 0 Å². The van der Waals surface area contributed by atoms with Crippen LogP contribution in [-0.4, -0.2) is 55.3 Å². The number of aliphatic hydroxyl groups excluding tert-OH is 1. The van der Waals surface area contributed by atoms with Crippen LogP contribution in [0.2, 0.25) is 0 Å². The quantitative estimate of drug-likeness (QED) is 0.410. The number of rotatable bonds is 8. The third-order valence-corrected chi connectivity index (χ3v) is 5.46. The maximum atomic E-state index is 9.66. The first-order valence-electron chi connectivity index (χ1n) is 10.1. The van der Waals surface area contributed by atoms with Crippen molar-refractivity contribution in [3.05, 3.63) is 65.7 Å². The SMILES string of the molecule is COc1cccc(C2CCN(CC(C=NC(CO)c3ccccc3)=NN)CC2)c1. The van der Waals surface area contributed by atoms with E-state index in [0.29, 0.717) is 12.5 Å². The van der Waals surface area contributed by atoms with Crippen LogP contribution in [0, 0.1) is 0 Å². The van der Waals surface area contributed by atoms with Crippen LogP contribution in [-0.2, 0) is 0 Å². The lowest BCUT2D eigenvalue weighted by Gasteiger charge is -2.32. The molecule has 1 fully saturated rings. The number of nitrogens with zero attached hydrogens (tertiary/aromatic N) is 3. The van der Waals surface area contributed by atoms with E-state index in [9.17, 15) is 5.11 Å². The Morgan fingerprint density at radius 1 is 1.21 bits per heavy atom. The van der Waals surface area contributed by atoms with E-state index < -0.39 is 0 Å². The van der Waals surface area contributed by atoms with E-state index in [1.165, 1.54) is 5.56 Å². The van der Waals surface area contributed by atoms with Gasteiger partial charge in [-0.1, -0.05) is 42.5 Å². The molecule has 0 radical (unpaired) electrons. The maximum absolute atomic E-state index is 9.66. The summed E-state index contributed by atoms with van der Waals surface area (Å²) in [5.41, 5.74) is 3.04. The van der Waals surface area contributed by atoms with Crippen LogP contribution in [0.5, 0.6) is 5.75 Å². The molecule has 1 aliphatic rings. The highest BCUT2D eigenvalue weighted by Crippen LogP contribution is 2.30. The molecule has 0 saturated carbocycles. The van der Waals surface area contributed by atoms with Crippen molar-refractivity contribution in [2.24, 2.45) is 15.9 Å². The van der Waals surface area contributed by atoms with Gasteiger partial charge >= 0.3 is 0 Å². The topological polar surface area (TPSA) is 83.4 Å². The summed E-state index contributed by atoms with van der Waals surface area (Å²) in [5.74, 6) is 7.06. The summed E-state index contributed by atoms with van der Waals surface area (Å²) < 4.78 is 5.35. The predicted molar refractivity (Wildman–Crippen MR) is 118 cm³/mol. The van der Waals surface area contributed by atoms with E-state index in [4.69, 9.17) is 10.6 Å². The van der Waals surface area contributed by atoms with Crippen molar-refractivity contribution in [3.63, 3.8) is 0 Å². The van der Waals surface area contributed by atoms with Crippen molar-refractivity contribution in [1.82, 2.24) is 4.90 Å². The minimum Gasteiger partial charge on any atom is -0.497 e. The van der Waals surface area contributed by atoms with Crippen molar-refractivity contribution in [2.75, 3.05) is 33.4 Å². The van der Waals surface area contributed by atoms with Gasteiger partial charge in [-0.15, -0.1) is 0 Å². The van der Waals surface area contributed by atoms with Crippen molar-refractivity contribution >= 4 is 11.9 Å². The molecule has 1 saturated heterocycles. The number of methoxy groups -OCH3 is 1. The third kappa shape index (κ3) is 5.89. The van der Waals surface area contributed by atoms with Crippen molar-refractivity contribution < 1.29 is 9.84 Å². The number of hydrogen-bond donors (Lipinski definition) is 2. The highest BCUT2D eigenvalue weighted by molar-refractivity contribution is 6.31. The molecule has 154 valence electrons. The molecule has 3 N–H and O–H groups in total. The summed E-state index contributed by atoms with van der Waals surface area (Å²) in [6, 6.07) is 17.8. The number of aliphatic imine (C=N–C) groups is 1. The summed E-state index contributed by atoms with van der Waals surface area (Å²) in [7, 11) is 1.70. The molecular weight excluding hydrogens is 364 g/mol. The minimum atomic E-state index is -0.299. The van der Waals surface area contributed by atoms with Gasteiger partial charge < -0.3 is 15.7 Å². The predicted octanol–water partition coefficient (Wildman–Crippen LogP) is 2.99. The van der Waals surface area contributed by atoms with Crippen LogP contribution < -0.4 is 10.6 Å². The van der Waals surface area contributed by atoms with E-state index in [0.717, 1.165) is 43.0 Å². The Kier molecular flexibility index (Phi) is 7.78. The second-order valence-corrected chi connectivity index (χ2v) is 7.33. The van der Waals surface area contributed by atoms with Gasteiger partial charge in [0.05, 0.1) is 25.5 Å². The molecule has 6 nitrogen and oxygen atoms in total. The van der Waals surface area contributed by atoms with Gasteiger partial charge in [-0.05, 0) is 55.1 Å². The number of hydrogen-bond acceptors (Lipinski definition) is 6. The second-order valence-electron chi connectivity index (χ2n) is 7.33. The van der Waals surface area contributed by atoms with Gasteiger partial charge in [0.1, 0.15) is 5.75 Å². The molecule has 1 heterocycles. The molecular formula is C23H30N4O2. The highest BCUT2D eigenvalue weighted by atomic mass is 16.5. The van der Waals surface area contributed by atoms with Crippen LogP contribution in [0.3, 0.4) is 0 Å². The molecule has 2 aromatic carbocycles. The summed E-state index contributed by atoms with van der Waals surface area (Å²) >= 11 is 0. The van der Waals surface area contributed by atoms with Crippen LogP contribution in [0.1, 0.15) is 35.9 Å². The zero-order chi connectivity index (χ0) is 20.5. The first kappa shape index (κ1) is 21.0. The number of hydrazone groups is 1. The molecule has 0 aliphatic carbocycles. The number of piperidine rings is 1. The first-order valence-corrected chi connectivity index (χ1v) is 10.1. The second kappa shape index (κ2) is 10.7. The molecule has 29 heavy (non-hydrogen) atoms. The Morgan fingerprint density at radius 2 is 1.97 bits per heavy atom. The van der Waals surface area contributed by atoms with E-state index in [1.54, 1.807) is 13.3 Å². The van der Waals surface area contributed by atoms with Crippen LogP contribution in [0.25, 0.3) is 0 Å². The molecule has 1 unspecified atom stereocenters. The Balaban J connectivity index is 1.54. The molecule has 0 bridgehead atoms. The molecule has 0 spiro atoms. The summed E-state index contributed by atoms with van der Waals surface area (Å²) in [6.07, 6.45) is 3.87. The van der Waals surface area contributed by atoms with E-state index in [-0.39, 0.29) is 12.6 Å². The fourth-order valence-electron chi connectivity index (χ4n) is 3.75. The van der Waals surface area contributed by atoms with Crippen LogP contribution in [0.4, 0.5) is 0 Å². The Bertz CT molecular complexity index is 815. The summed E-state index contributed by atoms with van der Waals surface area (Å²) in [6.45, 7) is 2.58. The molecule has 6 heteroatoms. The van der Waals surface area contributed by atoms with Gasteiger partial charge in [0.2, 0.25) is 0 Å². The highest BCUT2D eigenvalue weighted by Gasteiger charge is 2.21. The third-order valence-electron chi connectivity index (χ3n) is 5.46. The van der Waals surface area contributed by atoms with E-state index >= 15 is 0 Å². The zero-order valence-electron chi connectivity index (χ0n) is 16.9. The minimum absolute atomic E-state index is 0.0513. The number of likely N-dealkylation sites (tertiary alicyclic amines) is 1. The smallest absolute Gasteiger partial charge is 0.119 e. The fourth-order valence-corrected chi connectivity index (χ4v) is 3.75. The first-order chi connectivity index (χ1) is 14.2. The average Bonchev–Trinajstić information content (AvgIpc) is 2.80. The molecule has 2 aromatic rings. The Hall–Kier alpha value is -2.70. The molecule has 0 amide bonds. The largest absolute Gasteiger partial charge is 0.497 e. The number of benzene rings is 2. The lowest BCUT2D eigenvalue weighted by atomic mass is 9.89. The van der Waals surface area contributed by atoms with Gasteiger partial charge in [-0.3, -0.25) is 9.89 Å². The standard InChI is InChI=1S/C23H30N4O2/c1-29-22-9-5-8-20(14-22)18-10-12-27(13-11-18)16-21(26-24)15-25-23(17-28)19-6-3-2-4-7-19/h2-9,14-15,18,23,28H,10-13,16-17,24H2,1H3. The normalized spacial score (nSPS) is 17.5. The van der Waals surface area contributed by atoms with E-state index in [1.807, 2.05) is 36.4 Å². The average molecular weight is 395 g/mol. The van der Waals surface area contributed by atoms with Gasteiger partial charge in [-0.2, -0.15) is 5.10 Å². The Morgan fingerprint density at radius 3 is 2.62 bits per heavy atom. The monoisotopic (exact) mass is 394 g/mol. The summed E-state index contributed by atoms with van der Waals surface area (Å²) in [5, 5.41) is 13.6. The van der Waals surface area contributed by atoms with Gasteiger partial charge in [0.25, 0.3) is 0 Å². The number of aliphatic hydroxyl groups is 1. The van der Waals surface area contributed by atoms with Crippen molar-refractivity contribution in [1.29, 1.82) is 0 Å². The summed E-state index contributed by atoms with van der Waals surface area (Å²) in [4.78, 5) is 6.86. The van der Waals surface area contributed by atoms with Crippen LogP contribution in [0.15, 0.2) is 64.7 Å². The van der Waals surface area contributed by atoms with Crippen molar-refractivity contribution in [3.8, 4) is 5.75 Å². The maximum Gasteiger partial charge on any atom is 0.119 e.